The summed E-state index contributed by atoms with van der Waals surface area (Å²) in [6, 6.07) is 2.83. The Labute approximate surface area is 142 Å². The summed E-state index contributed by atoms with van der Waals surface area (Å²) in [5.41, 5.74) is -0.133. The molecular formula is C16H17ClF3NO3. The molecule has 0 aliphatic carbocycles. The summed E-state index contributed by atoms with van der Waals surface area (Å²) in [5.74, 6) is -1.40. The third kappa shape index (κ3) is 3.77. The van der Waals surface area contributed by atoms with Crippen LogP contribution in [0.25, 0.3) is 6.08 Å². The monoisotopic (exact) mass is 363 g/mol. The van der Waals surface area contributed by atoms with E-state index < -0.39 is 23.8 Å². The quantitative estimate of drug-likeness (QED) is 0.870. The average molecular weight is 364 g/mol. The van der Waals surface area contributed by atoms with E-state index in [0.717, 1.165) is 6.08 Å². The van der Waals surface area contributed by atoms with E-state index in [9.17, 15) is 18.0 Å². The van der Waals surface area contributed by atoms with E-state index in [2.05, 4.69) is 0 Å². The first kappa shape index (κ1) is 18.4. The van der Waals surface area contributed by atoms with Gasteiger partial charge in [0.05, 0.1) is 16.3 Å². The van der Waals surface area contributed by atoms with Gasteiger partial charge in [0, 0.05) is 25.2 Å². The van der Waals surface area contributed by atoms with Crippen LogP contribution in [0.1, 0.15) is 19.4 Å². The SMILES string of the molecule is CC(C)CN(C)c1cc2c(cc1Cl)C=C(C(=O)O)C(C(F)(F)F)O2. The van der Waals surface area contributed by atoms with Crippen molar-refractivity contribution in [2.24, 2.45) is 5.92 Å². The molecule has 0 bridgehead atoms. The minimum Gasteiger partial charge on any atom is -0.478 e. The second-order valence-electron chi connectivity index (χ2n) is 6.06. The minimum atomic E-state index is -4.83. The molecule has 1 unspecified atom stereocenters. The Morgan fingerprint density at radius 2 is 2.04 bits per heavy atom. The van der Waals surface area contributed by atoms with Crippen LogP contribution in [0.4, 0.5) is 18.9 Å². The van der Waals surface area contributed by atoms with Crippen molar-refractivity contribution >= 4 is 29.3 Å². The van der Waals surface area contributed by atoms with Gasteiger partial charge in [0.2, 0.25) is 6.10 Å². The van der Waals surface area contributed by atoms with Crippen LogP contribution < -0.4 is 9.64 Å². The first-order chi connectivity index (χ1) is 11.0. The summed E-state index contributed by atoms with van der Waals surface area (Å²) in [6.45, 7) is 4.65. The van der Waals surface area contributed by atoms with Crippen molar-refractivity contribution in [2.75, 3.05) is 18.5 Å². The molecule has 132 valence electrons. The normalized spacial score (nSPS) is 17.2. The second kappa shape index (κ2) is 6.55. The number of aliphatic carboxylic acids is 1. The third-order valence-electron chi connectivity index (χ3n) is 3.51. The molecule has 1 heterocycles. The van der Waals surface area contributed by atoms with Crippen LogP contribution >= 0.6 is 11.6 Å². The Morgan fingerprint density at radius 3 is 2.54 bits per heavy atom. The molecule has 0 saturated carbocycles. The standard InChI is InChI=1S/C16H17ClF3NO3/c1-8(2)7-21(3)12-6-13-9(5-11(12)17)4-10(15(22)23)14(24-13)16(18,19)20/h4-6,8,14H,7H2,1-3H3,(H,22,23). The zero-order valence-corrected chi connectivity index (χ0v) is 14.1. The van der Waals surface area contributed by atoms with Crippen molar-refractivity contribution in [3.63, 3.8) is 0 Å². The number of hydrogen-bond donors (Lipinski definition) is 1. The summed E-state index contributed by atoms with van der Waals surface area (Å²) >= 11 is 6.20. The van der Waals surface area contributed by atoms with E-state index in [1.807, 2.05) is 18.7 Å². The number of fused-ring (bicyclic) bond motifs is 1. The molecule has 4 nitrogen and oxygen atoms in total. The molecule has 1 aromatic rings. The number of halogens is 4. The molecule has 1 N–H and O–H groups in total. The lowest BCUT2D eigenvalue weighted by molar-refractivity contribution is -0.187. The molecule has 0 saturated heterocycles. The van der Waals surface area contributed by atoms with Gasteiger partial charge in [-0.3, -0.25) is 0 Å². The number of ether oxygens (including phenoxy) is 1. The number of carboxylic acid groups (broad SMARTS) is 1. The largest absolute Gasteiger partial charge is 0.478 e. The Kier molecular flexibility index (Phi) is 5.03. The van der Waals surface area contributed by atoms with Crippen molar-refractivity contribution < 1.29 is 27.8 Å². The van der Waals surface area contributed by atoms with Gasteiger partial charge in [-0.2, -0.15) is 13.2 Å². The average Bonchev–Trinajstić information content (AvgIpc) is 2.43. The number of alkyl halides is 3. The fourth-order valence-electron chi connectivity index (χ4n) is 2.56. The topological polar surface area (TPSA) is 49.8 Å². The highest BCUT2D eigenvalue weighted by molar-refractivity contribution is 6.33. The second-order valence-corrected chi connectivity index (χ2v) is 6.47. The van der Waals surface area contributed by atoms with Gasteiger partial charge in [-0.25, -0.2) is 4.79 Å². The lowest BCUT2D eigenvalue weighted by Gasteiger charge is -2.29. The number of carbonyl (C=O) groups is 1. The molecule has 0 aromatic heterocycles. The Morgan fingerprint density at radius 1 is 1.42 bits per heavy atom. The minimum absolute atomic E-state index is 0.0441. The van der Waals surface area contributed by atoms with E-state index in [4.69, 9.17) is 21.4 Å². The summed E-state index contributed by atoms with van der Waals surface area (Å²) < 4.78 is 44.2. The Balaban J connectivity index is 2.49. The van der Waals surface area contributed by atoms with E-state index in [0.29, 0.717) is 23.2 Å². The lowest BCUT2D eigenvalue weighted by Crippen LogP contribution is -2.40. The fourth-order valence-corrected chi connectivity index (χ4v) is 2.88. The van der Waals surface area contributed by atoms with Gasteiger partial charge in [-0.1, -0.05) is 25.4 Å². The first-order valence-electron chi connectivity index (χ1n) is 7.23. The smallest absolute Gasteiger partial charge is 0.430 e. The summed E-state index contributed by atoms with van der Waals surface area (Å²) in [4.78, 5) is 12.9. The molecule has 1 aromatic carbocycles. The Bertz CT molecular complexity index is 686. The maximum atomic E-state index is 13.1. The summed E-state index contributed by atoms with van der Waals surface area (Å²) in [7, 11) is 1.77. The number of rotatable bonds is 4. The van der Waals surface area contributed by atoms with Crippen molar-refractivity contribution in [3.05, 3.63) is 28.3 Å². The Hall–Kier alpha value is -1.89. The highest BCUT2D eigenvalue weighted by Gasteiger charge is 2.48. The van der Waals surface area contributed by atoms with Crippen LogP contribution in [0.2, 0.25) is 5.02 Å². The molecule has 8 heteroatoms. The molecule has 1 aliphatic heterocycles. The lowest BCUT2D eigenvalue weighted by atomic mass is 10.0. The molecule has 2 rings (SSSR count). The van der Waals surface area contributed by atoms with Gasteiger partial charge in [0.25, 0.3) is 0 Å². The number of anilines is 1. The van der Waals surface area contributed by atoms with E-state index in [1.165, 1.54) is 12.1 Å². The number of benzene rings is 1. The van der Waals surface area contributed by atoms with Crippen LogP contribution in [-0.4, -0.2) is 36.9 Å². The van der Waals surface area contributed by atoms with Gasteiger partial charge >= 0.3 is 12.1 Å². The van der Waals surface area contributed by atoms with Crippen LogP contribution in [-0.2, 0) is 4.79 Å². The van der Waals surface area contributed by atoms with Gasteiger partial charge in [-0.05, 0) is 18.1 Å². The molecule has 0 spiro atoms. The zero-order valence-electron chi connectivity index (χ0n) is 13.3. The highest BCUT2D eigenvalue weighted by atomic mass is 35.5. The molecule has 0 radical (unpaired) electrons. The molecular weight excluding hydrogens is 347 g/mol. The maximum Gasteiger partial charge on any atom is 0.430 e. The molecule has 1 aliphatic rings. The number of carboxylic acids is 1. The van der Waals surface area contributed by atoms with Crippen LogP contribution in [0, 0.1) is 5.92 Å². The van der Waals surface area contributed by atoms with E-state index in [-0.39, 0.29) is 11.3 Å². The first-order valence-corrected chi connectivity index (χ1v) is 7.61. The highest BCUT2D eigenvalue weighted by Crippen LogP contribution is 2.41. The van der Waals surface area contributed by atoms with Crippen molar-refractivity contribution in [1.82, 2.24) is 0 Å². The zero-order chi connectivity index (χ0) is 18.2. The maximum absolute atomic E-state index is 13.1. The van der Waals surface area contributed by atoms with Gasteiger partial charge in [0.15, 0.2) is 0 Å². The predicted octanol–water partition coefficient (Wildman–Crippen LogP) is 4.22. The van der Waals surface area contributed by atoms with E-state index >= 15 is 0 Å². The van der Waals surface area contributed by atoms with Gasteiger partial charge in [0.1, 0.15) is 5.75 Å². The van der Waals surface area contributed by atoms with E-state index in [1.54, 1.807) is 7.05 Å². The molecule has 0 amide bonds. The van der Waals surface area contributed by atoms with Crippen molar-refractivity contribution in [3.8, 4) is 5.75 Å². The van der Waals surface area contributed by atoms with Gasteiger partial charge in [-0.15, -0.1) is 0 Å². The molecule has 1 atom stereocenters. The fraction of sp³-hybridized carbons (Fsp3) is 0.438. The van der Waals surface area contributed by atoms with Crippen LogP contribution in [0.5, 0.6) is 5.75 Å². The van der Waals surface area contributed by atoms with Crippen LogP contribution in [0.15, 0.2) is 17.7 Å². The summed E-state index contributed by atoms with van der Waals surface area (Å²) in [5, 5.41) is 9.33. The third-order valence-corrected chi connectivity index (χ3v) is 3.81. The molecule has 0 fully saturated rings. The predicted molar refractivity (Wildman–Crippen MR) is 85.6 cm³/mol. The van der Waals surface area contributed by atoms with Crippen molar-refractivity contribution in [1.29, 1.82) is 0 Å². The number of hydrogen-bond acceptors (Lipinski definition) is 3. The molecule has 24 heavy (non-hydrogen) atoms. The van der Waals surface area contributed by atoms with Crippen LogP contribution in [0.3, 0.4) is 0 Å². The summed E-state index contributed by atoms with van der Waals surface area (Å²) in [6.07, 6.45) is -6.38. The van der Waals surface area contributed by atoms with Gasteiger partial charge < -0.3 is 14.7 Å². The van der Waals surface area contributed by atoms with Crippen molar-refractivity contribution in [2.45, 2.75) is 26.1 Å². The number of nitrogens with zero attached hydrogens (tertiary/aromatic N) is 1.